The van der Waals surface area contributed by atoms with E-state index >= 15 is 0 Å². The molecule has 2 aliphatic heterocycles. The number of aliphatic hydroxyl groups is 1. The molecule has 0 radical (unpaired) electrons. The first-order valence-electron chi connectivity index (χ1n) is 25.2. The van der Waals surface area contributed by atoms with Gasteiger partial charge in [-0.3, -0.25) is 38.6 Å². The Bertz CT molecular complexity index is 2600. The van der Waals surface area contributed by atoms with E-state index in [1.807, 2.05) is 113 Å². The molecule has 2 saturated heterocycles. The van der Waals surface area contributed by atoms with Gasteiger partial charge in [-0.15, -0.1) is 0 Å². The van der Waals surface area contributed by atoms with Gasteiger partial charge in [0, 0.05) is 25.9 Å². The molecule has 0 spiro atoms. The average molecular weight is 1010 g/mol. The third-order valence-corrected chi connectivity index (χ3v) is 13.8. The van der Waals surface area contributed by atoms with E-state index in [-0.39, 0.29) is 56.1 Å². The number of nitrogens with zero attached hydrogens (tertiary/aromatic N) is 2. The van der Waals surface area contributed by atoms with E-state index in [1.165, 1.54) is 0 Å². The molecule has 8 N–H and O–H groups in total. The zero-order valence-corrected chi connectivity index (χ0v) is 42.1. The summed E-state index contributed by atoms with van der Waals surface area (Å²) in [4.78, 5) is 109. The van der Waals surface area contributed by atoms with Gasteiger partial charge in [0.25, 0.3) is 0 Å². The standard InChI is InChI=1S/C54H70N8O11/c1-5-33(3)25-45(59-51(68)41-21-23-47(64)55-41)61(27-37-17-11-15-35-13-7-9-19-39(35)37)29-49(66)57-43(31-63)54(72)73-32-44(53(70)71)58-50(67)30-62(28-38-18-12-16-36-14-8-10-20-40(36)38)46(26-34(4)6-2)60-52(69)42-22-24-48(65)56-42/h7-20,33-34,41-46,63H,5-6,21-32H2,1-4H3,(H,55,64)(H,56,65)(H,57,66)(H,58,67)(H,59,68)(H,60,69)(H,70,71)/t33-,34-,41-,42-,43+,44-,45?,46?/m0/s1. The number of ether oxygens (including phenoxy) is 1. The molecule has 2 aliphatic rings. The number of benzene rings is 4. The third-order valence-electron chi connectivity index (χ3n) is 13.8. The number of carbonyl (C=O) groups is 8. The summed E-state index contributed by atoms with van der Waals surface area (Å²) in [7, 11) is 0. The molecule has 2 heterocycles. The van der Waals surface area contributed by atoms with Gasteiger partial charge < -0.3 is 46.9 Å². The maximum Gasteiger partial charge on any atom is 0.331 e. The fraction of sp³-hybridized carbons (Fsp3) is 0.481. The van der Waals surface area contributed by atoms with E-state index in [1.54, 1.807) is 9.80 Å². The van der Waals surface area contributed by atoms with Gasteiger partial charge in [0.1, 0.15) is 18.7 Å². The predicted octanol–water partition coefficient (Wildman–Crippen LogP) is 3.20. The zero-order chi connectivity index (χ0) is 52.6. The van der Waals surface area contributed by atoms with E-state index in [4.69, 9.17) is 4.74 Å². The number of amides is 6. The number of esters is 1. The monoisotopic (exact) mass is 1010 g/mol. The maximum absolute atomic E-state index is 14.0. The molecule has 6 rings (SSSR count). The second-order valence-electron chi connectivity index (χ2n) is 19.3. The Balaban J connectivity index is 1.16. The van der Waals surface area contributed by atoms with Gasteiger partial charge in [-0.1, -0.05) is 125 Å². The van der Waals surface area contributed by atoms with Crippen LogP contribution in [0.15, 0.2) is 84.9 Å². The van der Waals surface area contributed by atoms with Crippen LogP contribution < -0.4 is 31.9 Å². The summed E-state index contributed by atoms with van der Waals surface area (Å²) >= 11 is 0. The van der Waals surface area contributed by atoms with Crippen LogP contribution in [0.1, 0.15) is 90.2 Å². The summed E-state index contributed by atoms with van der Waals surface area (Å²) in [5, 5.41) is 40.9. The molecule has 0 saturated carbocycles. The van der Waals surface area contributed by atoms with Crippen molar-refractivity contribution in [2.24, 2.45) is 11.8 Å². The molecular formula is C54H70N8O11. The first-order valence-corrected chi connectivity index (χ1v) is 25.2. The smallest absolute Gasteiger partial charge is 0.331 e. The van der Waals surface area contributed by atoms with Crippen molar-refractivity contribution in [3.63, 3.8) is 0 Å². The highest BCUT2D eigenvalue weighted by atomic mass is 16.5. The van der Waals surface area contributed by atoms with Crippen molar-refractivity contribution in [1.29, 1.82) is 0 Å². The fourth-order valence-electron chi connectivity index (χ4n) is 9.16. The van der Waals surface area contributed by atoms with Crippen molar-refractivity contribution in [2.75, 3.05) is 26.3 Å². The number of aliphatic hydroxyl groups excluding tert-OH is 1. The van der Waals surface area contributed by atoms with E-state index < -0.39 is 91.8 Å². The van der Waals surface area contributed by atoms with Gasteiger partial charge in [0.2, 0.25) is 35.4 Å². The van der Waals surface area contributed by atoms with Gasteiger partial charge in [-0.25, -0.2) is 9.59 Å². The molecule has 4 aromatic carbocycles. The Morgan fingerprint density at radius 1 is 0.630 bits per heavy atom. The summed E-state index contributed by atoms with van der Waals surface area (Å²) in [6, 6.07) is 22.1. The topological polar surface area (TPSA) is 265 Å². The largest absolute Gasteiger partial charge is 0.480 e. The SMILES string of the molecule is CC[C@H](C)CC(NC(=O)[C@@H]1CCC(=O)N1)N(CC(=O)N[C@@H](COC(=O)[C@@H](CO)NC(=O)CN(Cc1cccc2ccccc12)C(C[C@@H](C)CC)NC(=O)[C@@H]1CCC(=O)N1)C(=O)O)Cc1cccc2ccccc12. The highest BCUT2D eigenvalue weighted by Crippen LogP contribution is 2.25. The number of fused-ring (bicyclic) bond motifs is 2. The highest BCUT2D eigenvalue weighted by molar-refractivity contribution is 5.92. The number of carboxylic acid groups (broad SMARTS) is 1. The second-order valence-corrected chi connectivity index (χ2v) is 19.3. The van der Waals surface area contributed by atoms with Crippen LogP contribution in [0.4, 0.5) is 0 Å². The minimum Gasteiger partial charge on any atom is -0.480 e. The zero-order valence-electron chi connectivity index (χ0n) is 42.1. The predicted molar refractivity (Wildman–Crippen MR) is 273 cm³/mol. The molecule has 0 aromatic heterocycles. The minimum atomic E-state index is -1.76. The first kappa shape index (κ1) is 55.4. The Morgan fingerprint density at radius 3 is 1.45 bits per heavy atom. The Morgan fingerprint density at radius 2 is 1.05 bits per heavy atom. The molecule has 4 aromatic rings. The summed E-state index contributed by atoms with van der Waals surface area (Å²) in [6.07, 6.45) is 2.00. The van der Waals surface area contributed by atoms with Crippen molar-refractivity contribution >= 4 is 68.9 Å². The Hall–Kier alpha value is -6.96. The Kier molecular flexibility index (Phi) is 20.2. The Labute approximate surface area is 425 Å². The lowest BCUT2D eigenvalue weighted by atomic mass is 10.00. The van der Waals surface area contributed by atoms with E-state index in [9.17, 15) is 48.6 Å². The molecule has 8 atom stereocenters. The van der Waals surface area contributed by atoms with Crippen LogP contribution in [-0.2, 0) is 56.2 Å². The van der Waals surface area contributed by atoms with Crippen LogP contribution in [0.2, 0.25) is 0 Å². The van der Waals surface area contributed by atoms with E-state index in [0.29, 0.717) is 25.7 Å². The van der Waals surface area contributed by atoms with Gasteiger partial charge in [-0.05, 0) is 70.2 Å². The normalized spacial score (nSPS) is 18.0. The van der Waals surface area contributed by atoms with E-state index in [0.717, 1.165) is 45.5 Å². The lowest BCUT2D eigenvalue weighted by Gasteiger charge is -2.35. The number of hydrogen-bond donors (Lipinski definition) is 8. The third kappa shape index (κ3) is 15.8. The quantitative estimate of drug-likeness (QED) is 0.0316. The van der Waals surface area contributed by atoms with Crippen molar-refractivity contribution in [2.45, 2.75) is 129 Å². The number of hydrogen-bond acceptors (Lipinski definition) is 12. The summed E-state index contributed by atoms with van der Waals surface area (Å²) < 4.78 is 5.36. The molecular weight excluding hydrogens is 937 g/mol. The number of nitrogens with one attached hydrogen (secondary N) is 6. The number of carbonyl (C=O) groups excluding carboxylic acids is 7. The summed E-state index contributed by atoms with van der Waals surface area (Å²) in [5.41, 5.74) is 1.70. The number of carboxylic acids is 1. The van der Waals surface area contributed by atoms with E-state index in [2.05, 4.69) is 31.9 Å². The van der Waals surface area contributed by atoms with Crippen LogP contribution in [-0.4, -0.2) is 130 Å². The van der Waals surface area contributed by atoms with Crippen molar-refractivity contribution in [3.05, 3.63) is 96.1 Å². The van der Waals surface area contributed by atoms with Gasteiger partial charge in [0.15, 0.2) is 12.1 Å². The summed E-state index contributed by atoms with van der Waals surface area (Å²) in [5.74, 6) is -5.25. The van der Waals surface area contributed by atoms with Crippen molar-refractivity contribution < 1.29 is 53.3 Å². The molecule has 0 bridgehead atoms. The minimum absolute atomic E-state index is 0.0826. The van der Waals surface area contributed by atoms with Crippen LogP contribution in [0, 0.1) is 11.8 Å². The number of aliphatic carboxylic acids is 1. The second kappa shape index (κ2) is 26.7. The lowest BCUT2D eigenvalue weighted by Crippen LogP contribution is -2.56. The van der Waals surface area contributed by atoms with Crippen LogP contribution in [0.3, 0.4) is 0 Å². The van der Waals surface area contributed by atoms with Gasteiger partial charge in [-0.2, -0.15) is 0 Å². The van der Waals surface area contributed by atoms with Crippen molar-refractivity contribution in [3.8, 4) is 0 Å². The molecule has 19 heteroatoms. The molecule has 19 nitrogen and oxygen atoms in total. The highest BCUT2D eigenvalue weighted by Gasteiger charge is 2.35. The molecule has 2 unspecified atom stereocenters. The van der Waals surface area contributed by atoms with Crippen LogP contribution in [0.25, 0.3) is 21.5 Å². The first-order chi connectivity index (χ1) is 35.0. The molecule has 2 fully saturated rings. The lowest BCUT2D eigenvalue weighted by molar-refractivity contribution is -0.154. The maximum atomic E-state index is 14.0. The van der Waals surface area contributed by atoms with Gasteiger partial charge >= 0.3 is 11.9 Å². The van der Waals surface area contributed by atoms with Crippen molar-refractivity contribution in [1.82, 2.24) is 41.7 Å². The molecule has 392 valence electrons. The summed E-state index contributed by atoms with van der Waals surface area (Å²) in [6.45, 7) is 5.87. The van der Waals surface area contributed by atoms with Gasteiger partial charge in [0.05, 0.1) is 32.0 Å². The van der Waals surface area contributed by atoms with Crippen LogP contribution >= 0.6 is 0 Å². The van der Waals surface area contributed by atoms with Crippen LogP contribution in [0.5, 0.6) is 0 Å². The average Bonchev–Trinajstić information content (AvgIpc) is 4.03. The molecule has 6 amide bonds. The molecule has 0 aliphatic carbocycles. The molecule has 73 heavy (non-hydrogen) atoms. The number of rotatable bonds is 27. The fourth-order valence-corrected chi connectivity index (χ4v) is 9.16.